The topological polar surface area (TPSA) is 84.2 Å². The highest BCUT2D eigenvalue weighted by molar-refractivity contribution is 5.66. The Morgan fingerprint density at radius 1 is 1.38 bits per heavy atom. The minimum atomic E-state index is -1.04. The van der Waals surface area contributed by atoms with E-state index in [1.165, 1.54) is 12.4 Å². The average molecular weight is 291 g/mol. The first kappa shape index (κ1) is 15.3. The normalized spacial score (nSPS) is 20.3. The predicted molar refractivity (Wildman–Crippen MR) is 80.3 cm³/mol. The number of nitrogens with zero attached hydrogens (tertiary/aromatic N) is 2. The number of rotatable bonds is 5. The van der Waals surface area contributed by atoms with Crippen molar-refractivity contribution in [3.63, 3.8) is 0 Å². The van der Waals surface area contributed by atoms with Gasteiger partial charge in [0.05, 0.1) is 0 Å². The van der Waals surface area contributed by atoms with E-state index in [1.807, 2.05) is 0 Å². The molecule has 1 aromatic heterocycles. The molecule has 0 radical (unpaired) electrons. The quantitative estimate of drug-likeness (QED) is 0.809. The summed E-state index contributed by atoms with van der Waals surface area (Å²) in [5.41, 5.74) is -0.384. The summed E-state index contributed by atoms with van der Waals surface area (Å²) in [5.74, 6) is -0.290. The number of anilines is 1. The van der Waals surface area contributed by atoms with Gasteiger partial charge in [-0.3, -0.25) is 14.2 Å². The van der Waals surface area contributed by atoms with E-state index in [1.54, 1.807) is 0 Å². The Hall–Kier alpha value is -2.11. The fourth-order valence-corrected chi connectivity index (χ4v) is 2.52. The second-order valence-corrected chi connectivity index (χ2v) is 5.33. The third-order valence-corrected chi connectivity index (χ3v) is 3.67. The summed E-state index contributed by atoms with van der Waals surface area (Å²) < 4.78 is 1.15. The highest BCUT2D eigenvalue weighted by Crippen LogP contribution is 2.18. The van der Waals surface area contributed by atoms with E-state index < -0.39 is 5.97 Å². The Bertz CT molecular complexity index is 566. The Balaban J connectivity index is 1.97. The largest absolute Gasteiger partial charge is 0.480 e. The lowest BCUT2D eigenvalue weighted by molar-refractivity contribution is -0.137. The molecule has 21 heavy (non-hydrogen) atoms. The number of aromatic nitrogens is 2. The van der Waals surface area contributed by atoms with E-state index in [0.29, 0.717) is 12.5 Å². The van der Waals surface area contributed by atoms with Gasteiger partial charge >= 0.3 is 5.97 Å². The maximum absolute atomic E-state index is 12.1. The van der Waals surface area contributed by atoms with Crippen molar-refractivity contribution in [2.75, 3.05) is 11.9 Å². The van der Waals surface area contributed by atoms with Crippen molar-refractivity contribution in [3.05, 3.63) is 34.9 Å². The maximum Gasteiger partial charge on any atom is 0.323 e. The highest BCUT2D eigenvalue weighted by Gasteiger charge is 2.12. The zero-order chi connectivity index (χ0) is 15.1. The highest BCUT2D eigenvalue weighted by atomic mass is 16.4. The van der Waals surface area contributed by atoms with Gasteiger partial charge in [-0.2, -0.15) is 0 Å². The molecule has 1 aliphatic rings. The molecule has 0 spiro atoms. The molecule has 114 valence electrons. The van der Waals surface area contributed by atoms with Crippen molar-refractivity contribution in [1.29, 1.82) is 0 Å². The van der Waals surface area contributed by atoms with Crippen LogP contribution in [0.1, 0.15) is 32.1 Å². The molecule has 1 aromatic rings. The van der Waals surface area contributed by atoms with Gasteiger partial charge in [0.2, 0.25) is 0 Å². The lowest BCUT2D eigenvalue weighted by Crippen LogP contribution is -2.28. The molecule has 0 bridgehead atoms. The van der Waals surface area contributed by atoms with Crippen LogP contribution in [0.15, 0.2) is 29.3 Å². The number of hydrogen-bond donors (Lipinski definition) is 2. The van der Waals surface area contributed by atoms with Crippen LogP contribution in [0.4, 0.5) is 5.82 Å². The van der Waals surface area contributed by atoms with Crippen LogP contribution in [-0.2, 0) is 11.3 Å². The lowest BCUT2D eigenvalue weighted by atomic mass is 9.94. The molecule has 1 aliphatic carbocycles. The first-order valence-corrected chi connectivity index (χ1v) is 7.33. The van der Waals surface area contributed by atoms with E-state index in [4.69, 9.17) is 5.11 Å². The van der Waals surface area contributed by atoms with Gasteiger partial charge in [-0.15, -0.1) is 0 Å². The van der Waals surface area contributed by atoms with Gasteiger partial charge in [-0.1, -0.05) is 12.2 Å². The molecular formula is C15H21N3O3. The summed E-state index contributed by atoms with van der Waals surface area (Å²) in [7, 11) is 0. The molecule has 1 heterocycles. The van der Waals surface area contributed by atoms with Crippen molar-refractivity contribution >= 4 is 11.8 Å². The van der Waals surface area contributed by atoms with Gasteiger partial charge in [0, 0.05) is 18.9 Å². The monoisotopic (exact) mass is 291 g/mol. The second-order valence-electron chi connectivity index (χ2n) is 5.33. The molecule has 1 atom stereocenters. The molecule has 0 fully saturated rings. The third kappa shape index (κ3) is 4.73. The van der Waals surface area contributed by atoms with Crippen LogP contribution in [0.5, 0.6) is 0 Å². The van der Waals surface area contributed by atoms with Gasteiger partial charge in [0.1, 0.15) is 6.54 Å². The number of hydrogen-bond acceptors (Lipinski definition) is 4. The van der Waals surface area contributed by atoms with Gasteiger partial charge in [0.15, 0.2) is 5.82 Å². The Labute approximate surface area is 123 Å². The predicted octanol–water partition coefficient (Wildman–Crippen LogP) is 1.88. The zero-order valence-corrected chi connectivity index (χ0v) is 12.0. The second kappa shape index (κ2) is 7.61. The van der Waals surface area contributed by atoms with Crippen LogP contribution < -0.4 is 10.9 Å². The Morgan fingerprint density at radius 2 is 2.19 bits per heavy atom. The zero-order valence-electron chi connectivity index (χ0n) is 12.0. The van der Waals surface area contributed by atoms with Gasteiger partial charge in [0.25, 0.3) is 5.56 Å². The van der Waals surface area contributed by atoms with Crippen molar-refractivity contribution in [3.8, 4) is 0 Å². The number of nitrogens with one attached hydrogen (secondary N) is 1. The van der Waals surface area contributed by atoms with Crippen LogP contribution in [0.25, 0.3) is 0 Å². The SMILES string of the molecule is O=C(O)Cn1ccnc(NCC2CC/C=C\CCC2)c1=O. The molecule has 0 saturated heterocycles. The Morgan fingerprint density at radius 3 is 3.00 bits per heavy atom. The average Bonchev–Trinajstić information content (AvgIpc) is 2.40. The van der Waals surface area contributed by atoms with Crippen LogP contribution in [-0.4, -0.2) is 27.2 Å². The summed E-state index contributed by atoms with van der Waals surface area (Å²) >= 11 is 0. The van der Waals surface area contributed by atoms with E-state index in [2.05, 4.69) is 22.5 Å². The molecule has 1 unspecified atom stereocenters. The van der Waals surface area contributed by atoms with E-state index >= 15 is 0 Å². The van der Waals surface area contributed by atoms with Crippen molar-refractivity contribution in [2.24, 2.45) is 5.92 Å². The number of aliphatic carboxylic acids is 1. The number of carbonyl (C=O) groups is 1. The molecule has 0 amide bonds. The van der Waals surface area contributed by atoms with Crippen LogP contribution in [0.3, 0.4) is 0 Å². The molecule has 0 saturated carbocycles. The van der Waals surface area contributed by atoms with Crippen LogP contribution in [0.2, 0.25) is 0 Å². The van der Waals surface area contributed by atoms with Gasteiger partial charge in [-0.25, -0.2) is 4.98 Å². The van der Waals surface area contributed by atoms with E-state index in [0.717, 1.165) is 36.7 Å². The standard InChI is InChI=1S/C15H21N3O3/c19-13(20)11-18-9-8-16-14(15(18)21)17-10-12-6-4-2-1-3-5-7-12/h1-2,8-9,12H,3-7,10-11H2,(H,16,17)(H,19,20)/b2-1-. The number of allylic oxidation sites excluding steroid dienone is 2. The van der Waals surface area contributed by atoms with Gasteiger partial charge in [-0.05, 0) is 38.0 Å². The number of carboxylic acid groups (broad SMARTS) is 1. The molecule has 6 nitrogen and oxygen atoms in total. The first-order valence-electron chi connectivity index (χ1n) is 7.33. The number of carboxylic acids is 1. The molecule has 0 aliphatic heterocycles. The van der Waals surface area contributed by atoms with Crippen molar-refractivity contribution < 1.29 is 9.90 Å². The minimum absolute atomic E-state index is 0.233. The molecule has 6 heteroatoms. The van der Waals surface area contributed by atoms with Crippen LogP contribution >= 0.6 is 0 Å². The maximum atomic E-state index is 12.1. The summed E-state index contributed by atoms with van der Waals surface area (Å²) in [6, 6.07) is 0. The molecular weight excluding hydrogens is 270 g/mol. The lowest BCUT2D eigenvalue weighted by Gasteiger charge is -2.18. The summed E-state index contributed by atoms with van der Waals surface area (Å²) in [4.78, 5) is 26.8. The summed E-state index contributed by atoms with van der Waals surface area (Å²) in [5, 5.41) is 11.8. The van der Waals surface area contributed by atoms with Crippen molar-refractivity contribution in [2.45, 2.75) is 38.6 Å². The fraction of sp³-hybridized carbons (Fsp3) is 0.533. The summed E-state index contributed by atoms with van der Waals surface area (Å²) in [6.07, 6.45) is 12.9. The van der Waals surface area contributed by atoms with Gasteiger partial charge < -0.3 is 10.4 Å². The third-order valence-electron chi connectivity index (χ3n) is 3.67. The van der Waals surface area contributed by atoms with E-state index in [-0.39, 0.29) is 17.9 Å². The molecule has 2 rings (SSSR count). The fourth-order valence-electron chi connectivity index (χ4n) is 2.52. The smallest absolute Gasteiger partial charge is 0.323 e. The molecule has 2 N–H and O–H groups in total. The van der Waals surface area contributed by atoms with E-state index in [9.17, 15) is 9.59 Å². The van der Waals surface area contributed by atoms with Crippen molar-refractivity contribution in [1.82, 2.24) is 9.55 Å². The van der Waals surface area contributed by atoms with Crippen LogP contribution in [0, 0.1) is 5.92 Å². The first-order chi connectivity index (χ1) is 10.2. The molecule has 0 aromatic carbocycles. The Kier molecular flexibility index (Phi) is 5.54. The minimum Gasteiger partial charge on any atom is -0.480 e. The summed E-state index contributed by atoms with van der Waals surface area (Å²) in [6.45, 7) is 0.359.